The lowest BCUT2D eigenvalue weighted by atomic mass is 10.0. The zero-order chi connectivity index (χ0) is 26.6. The first-order valence-corrected chi connectivity index (χ1v) is 12.5. The molecule has 5 nitrogen and oxygen atoms in total. The molecule has 2 aromatic carbocycles. The van der Waals surface area contributed by atoms with Gasteiger partial charge in [-0.15, -0.1) is 0 Å². The van der Waals surface area contributed by atoms with Crippen LogP contribution in [0.25, 0.3) is 0 Å². The van der Waals surface area contributed by atoms with Crippen molar-refractivity contribution in [2.75, 3.05) is 7.05 Å². The molecule has 1 heterocycles. The van der Waals surface area contributed by atoms with Crippen LogP contribution >= 0.6 is 0 Å². The molecule has 0 unspecified atom stereocenters. The molecule has 3 aromatic rings. The molecular weight excluding hydrogens is 444 g/mol. The van der Waals surface area contributed by atoms with Crippen molar-refractivity contribution >= 4 is 28.7 Å². The smallest absolute Gasteiger partial charge is 0.220 e. The highest BCUT2D eigenvalue weighted by Gasteiger charge is 2.12. The highest BCUT2D eigenvalue weighted by atomic mass is 16.1. The van der Waals surface area contributed by atoms with Crippen molar-refractivity contribution < 1.29 is 4.79 Å². The summed E-state index contributed by atoms with van der Waals surface area (Å²) in [5.41, 5.74) is 13.3. The van der Waals surface area contributed by atoms with Gasteiger partial charge in [-0.25, -0.2) is 4.98 Å². The molecule has 36 heavy (non-hydrogen) atoms. The fourth-order valence-electron chi connectivity index (χ4n) is 4.63. The molecule has 0 bridgehead atoms. The van der Waals surface area contributed by atoms with Crippen molar-refractivity contribution in [3.63, 3.8) is 0 Å². The van der Waals surface area contributed by atoms with Crippen molar-refractivity contribution in [2.24, 2.45) is 9.98 Å². The number of nitrogens with one attached hydrogen (secondary N) is 1. The normalized spacial score (nSPS) is 12.1. The average molecular weight is 483 g/mol. The predicted molar refractivity (Wildman–Crippen MR) is 152 cm³/mol. The third-order valence-electron chi connectivity index (χ3n) is 6.38. The molecule has 0 saturated heterocycles. The summed E-state index contributed by atoms with van der Waals surface area (Å²) >= 11 is 0. The van der Waals surface area contributed by atoms with Crippen molar-refractivity contribution in [1.29, 1.82) is 0 Å². The Morgan fingerprint density at radius 2 is 1.11 bits per heavy atom. The van der Waals surface area contributed by atoms with Crippen molar-refractivity contribution in [3.05, 3.63) is 86.7 Å². The van der Waals surface area contributed by atoms with Gasteiger partial charge in [-0.05, 0) is 102 Å². The number of nitrogens with zero attached hydrogens (tertiary/aromatic N) is 3. The van der Waals surface area contributed by atoms with Gasteiger partial charge in [0.2, 0.25) is 5.91 Å². The van der Waals surface area contributed by atoms with E-state index in [0.717, 1.165) is 62.0 Å². The van der Waals surface area contributed by atoms with E-state index in [4.69, 9.17) is 15.0 Å². The van der Waals surface area contributed by atoms with Crippen molar-refractivity contribution in [1.82, 2.24) is 10.3 Å². The summed E-state index contributed by atoms with van der Waals surface area (Å²) in [6.07, 6.45) is 1.03. The Morgan fingerprint density at radius 1 is 0.722 bits per heavy atom. The quantitative estimate of drug-likeness (QED) is 0.373. The SMILES string of the molecule is CNC(=O)CCc1cc(C(C)=Nc2c(C)cc(C)cc2C)nc(C(C)=Nc2c(C)cc(C)cc2C)c1. The van der Waals surface area contributed by atoms with Gasteiger partial charge in [0, 0.05) is 13.5 Å². The third kappa shape index (κ3) is 6.54. The molecule has 0 fully saturated rings. The van der Waals surface area contributed by atoms with Gasteiger partial charge in [-0.2, -0.15) is 0 Å². The summed E-state index contributed by atoms with van der Waals surface area (Å²) in [4.78, 5) is 26.9. The number of amides is 1. The molecule has 1 aromatic heterocycles. The minimum atomic E-state index is 0.0162. The average Bonchev–Trinajstić information content (AvgIpc) is 2.81. The summed E-state index contributed by atoms with van der Waals surface area (Å²) in [7, 11) is 1.66. The van der Waals surface area contributed by atoms with E-state index in [9.17, 15) is 4.79 Å². The molecule has 0 aliphatic carbocycles. The van der Waals surface area contributed by atoms with Gasteiger partial charge in [0.05, 0.1) is 34.2 Å². The zero-order valence-corrected chi connectivity index (χ0v) is 23.1. The largest absolute Gasteiger partial charge is 0.359 e. The molecule has 5 heteroatoms. The number of carbonyl (C=O) groups is 1. The summed E-state index contributed by atoms with van der Waals surface area (Å²) in [5.74, 6) is 0.0162. The van der Waals surface area contributed by atoms with Crippen LogP contribution in [-0.4, -0.2) is 29.4 Å². The lowest BCUT2D eigenvalue weighted by Gasteiger charge is -2.12. The lowest BCUT2D eigenvalue weighted by Crippen LogP contribution is -2.18. The molecule has 0 spiro atoms. The van der Waals surface area contributed by atoms with Gasteiger partial charge < -0.3 is 5.32 Å². The molecule has 3 rings (SSSR count). The van der Waals surface area contributed by atoms with Gasteiger partial charge in [-0.1, -0.05) is 35.4 Å². The van der Waals surface area contributed by atoms with Gasteiger partial charge in [0.1, 0.15) is 0 Å². The van der Waals surface area contributed by atoms with Crippen molar-refractivity contribution in [3.8, 4) is 0 Å². The van der Waals surface area contributed by atoms with E-state index in [-0.39, 0.29) is 5.91 Å². The summed E-state index contributed by atoms with van der Waals surface area (Å²) in [6.45, 7) is 16.6. The third-order valence-corrected chi connectivity index (χ3v) is 6.38. The van der Waals surface area contributed by atoms with Gasteiger partial charge >= 0.3 is 0 Å². The zero-order valence-electron chi connectivity index (χ0n) is 23.1. The molecule has 1 amide bonds. The highest BCUT2D eigenvalue weighted by molar-refractivity contribution is 6.03. The first-order chi connectivity index (χ1) is 17.0. The Labute approximate surface area is 215 Å². The molecular formula is C31H38N4O. The molecule has 0 aliphatic heterocycles. The van der Waals surface area contributed by atoms with E-state index in [2.05, 4.69) is 71.1 Å². The number of aryl methyl sites for hydroxylation is 7. The van der Waals surface area contributed by atoms with Crippen LogP contribution in [0, 0.1) is 41.5 Å². The minimum Gasteiger partial charge on any atom is -0.359 e. The number of hydrogen-bond acceptors (Lipinski definition) is 4. The number of carbonyl (C=O) groups excluding carboxylic acids is 1. The van der Waals surface area contributed by atoms with Crippen LogP contribution in [0.2, 0.25) is 0 Å². The molecule has 0 atom stereocenters. The maximum absolute atomic E-state index is 11.9. The highest BCUT2D eigenvalue weighted by Crippen LogP contribution is 2.28. The van der Waals surface area contributed by atoms with Gasteiger partial charge in [0.25, 0.3) is 0 Å². The maximum atomic E-state index is 11.9. The Morgan fingerprint density at radius 3 is 1.47 bits per heavy atom. The topological polar surface area (TPSA) is 66.7 Å². The maximum Gasteiger partial charge on any atom is 0.220 e. The van der Waals surface area contributed by atoms with Crippen LogP contribution in [0.4, 0.5) is 11.4 Å². The first-order valence-electron chi connectivity index (χ1n) is 12.5. The van der Waals surface area contributed by atoms with Crippen LogP contribution in [-0.2, 0) is 11.2 Å². The monoisotopic (exact) mass is 482 g/mol. The second-order valence-electron chi connectivity index (χ2n) is 9.81. The molecule has 1 N–H and O–H groups in total. The summed E-state index contributed by atoms with van der Waals surface area (Å²) in [6, 6.07) is 12.7. The van der Waals surface area contributed by atoms with E-state index >= 15 is 0 Å². The number of benzene rings is 2. The first kappa shape index (κ1) is 27.0. The molecule has 0 saturated carbocycles. The van der Waals surface area contributed by atoms with E-state index < -0.39 is 0 Å². The van der Waals surface area contributed by atoms with Crippen LogP contribution in [0.15, 0.2) is 46.4 Å². The van der Waals surface area contributed by atoms with Crippen LogP contribution in [0.1, 0.15) is 70.6 Å². The molecule has 0 radical (unpaired) electrons. The van der Waals surface area contributed by atoms with E-state index in [1.807, 2.05) is 26.0 Å². The van der Waals surface area contributed by atoms with Gasteiger partial charge in [0.15, 0.2) is 0 Å². The lowest BCUT2D eigenvalue weighted by molar-refractivity contribution is -0.120. The second-order valence-corrected chi connectivity index (χ2v) is 9.81. The predicted octanol–water partition coefficient (Wildman–Crippen LogP) is 6.89. The minimum absolute atomic E-state index is 0.0162. The van der Waals surface area contributed by atoms with Crippen molar-refractivity contribution in [2.45, 2.75) is 68.2 Å². The standard InChI is InChI=1S/C31H38N4O/c1-18-12-20(3)30(21(4)13-18)33-24(7)27-16-26(10-11-29(36)32-9)17-28(35-27)25(8)34-31-22(5)14-19(2)15-23(31)6/h12-17H,10-11H2,1-9H3,(H,32,36). The van der Waals surface area contributed by atoms with E-state index in [1.54, 1.807) is 7.05 Å². The number of aromatic nitrogens is 1. The Hall–Kier alpha value is -3.60. The number of aliphatic imine (C=N–C) groups is 2. The molecule has 188 valence electrons. The van der Waals surface area contributed by atoms with Crippen LogP contribution < -0.4 is 5.32 Å². The summed E-state index contributed by atoms with van der Waals surface area (Å²) in [5, 5.41) is 2.71. The number of rotatable bonds is 7. The molecule has 0 aliphatic rings. The Balaban J connectivity index is 2.11. The Kier molecular flexibility index (Phi) is 8.57. The fraction of sp³-hybridized carbons (Fsp3) is 0.355. The Bertz CT molecular complexity index is 1230. The van der Waals surface area contributed by atoms with E-state index in [1.165, 1.54) is 11.1 Å². The van der Waals surface area contributed by atoms with Crippen LogP contribution in [0.3, 0.4) is 0 Å². The second kappa shape index (κ2) is 11.4. The fourth-order valence-corrected chi connectivity index (χ4v) is 4.63. The van der Waals surface area contributed by atoms with Gasteiger partial charge in [-0.3, -0.25) is 14.8 Å². The van der Waals surface area contributed by atoms with E-state index in [0.29, 0.717) is 12.8 Å². The number of hydrogen-bond donors (Lipinski definition) is 1. The number of pyridine rings is 1. The van der Waals surface area contributed by atoms with Crippen LogP contribution in [0.5, 0.6) is 0 Å². The summed E-state index contributed by atoms with van der Waals surface area (Å²) < 4.78 is 0.